The first-order valence-electron chi connectivity index (χ1n) is 7.42. The van der Waals surface area contributed by atoms with E-state index in [0.29, 0.717) is 11.7 Å². The third-order valence-electron chi connectivity index (χ3n) is 3.94. The maximum absolute atomic E-state index is 12.3. The van der Waals surface area contributed by atoms with Gasteiger partial charge in [0.2, 0.25) is 5.91 Å². The Morgan fingerprint density at radius 2 is 2.32 bits per heavy atom. The number of likely N-dealkylation sites (tertiary alicyclic amines) is 1. The fourth-order valence-corrected chi connectivity index (χ4v) is 3.73. The lowest BCUT2D eigenvalue weighted by Crippen LogP contribution is -2.45. The standard InChI is InChI=1S/C16H23ClN2OS.ClH/c1-12(18)14-5-3-7-19(9-14)16(20)11-21-10-13-4-2-6-15(17)8-13;/h2,4,6,8,12,14H,3,5,7,9-11,18H2,1H3;1H. The Hall–Kier alpha value is -0.420. The molecule has 6 heteroatoms. The molecule has 0 bridgehead atoms. The van der Waals surface area contributed by atoms with Gasteiger partial charge < -0.3 is 10.6 Å². The number of nitrogens with two attached hydrogens (primary N) is 1. The van der Waals surface area contributed by atoms with Crippen molar-refractivity contribution in [1.29, 1.82) is 0 Å². The summed E-state index contributed by atoms with van der Waals surface area (Å²) < 4.78 is 0. The summed E-state index contributed by atoms with van der Waals surface area (Å²) >= 11 is 7.60. The van der Waals surface area contributed by atoms with Crippen molar-refractivity contribution >= 4 is 41.7 Å². The molecule has 1 heterocycles. The van der Waals surface area contributed by atoms with Gasteiger partial charge in [-0.3, -0.25) is 4.79 Å². The molecule has 2 atom stereocenters. The lowest BCUT2D eigenvalue weighted by molar-refractivity contribution is -0.130. The van der Waals surface area contributed by atoms with Crippen molar-refractivity contribution in [3.05, 3.63) is 34.9 Å². The van der Waals surface area contributed by atoms with E-state index in [2.05, 4.69) is 0 Å². The SMILES string of the molecule is CC(N)C1CCCN(C(=O)CSCc2cccc(Cl)c2)C1.Cl. The van der Waals surface area contributed by atoms with Crippen LogP contribution in [0.25, 0.3) is 0 Å². The molecule has 1 aromatic rings. The number of amides is 1. The van der Waals surface area contributed by atoms with Crippen molar-refractivity contribution in [2.75, 3.05) is 18.8 Å². The topological polar surface area (TPSA) is 46.3 Å². The van der Waals surface area contributed by atoms with Gasteiger partial charge in [0.1, 0.15) is 0 Å². The van der Waals surface area contributed by atoms with E-state index < -0.39 is 0 Å². The van der Waals surface area contributed by atoms with Crippen molar-refractivity contribution in [2.24, 2.45) is 11.7 Å². The van der Waals surface area contributed by atoms with Crippen LogP contribution in [-0.4, -0.2) is 35.7 Å². The van der Waals surface area contributed by atoms with Crippen LogP contribution in [0.5, 0.6) is 0 Å². The van der Waals surface area contributed by atoms with Crippen molar-refractivity contribution in [3.8, 4) is 0 Å². The monoisotopic (exact) mass is 362 g/mol. The van der Waals surface area contributed by atoms with E-state index in [1.165, 1.54) is 0 Å². The number of thioether (sulfide) groups is 1. The van der Waals surface area contributed by atoms with Crippen LogP contribution in [0.15, 0.2) is 24.3 Å². The molecule has 0 spiro atoms. The van der Waals surface area contributed by atoms with Crippen LogP contribution in [0.4, 0.5) is 0 Å². The summed E-state index contributed by atoms with van der Waals surface area (Å²) in [6, 6.07) is 7.96. The summed E-state index contributed by atoms with van der Waals surface area (Å²) in [6.45, 7) is 3.72. The molecule has 3 nitrogen and oxygen atoms in total. The molecule has 2 unspecified atom stereocenters. The van der Waals surface area contributed by atoms with E-state index in [1.807, 2.05) is 36.1 Å². The maximum Gasteiger partial charge on any atom is 0.232 e. The van der Waals surface area contributed by atoms with E-state index in [9.17, 15) is 4.79 Å². The van der Waals surface area contributed by atoms with Gasteiger partial charge in [-0.15, -0.1) is 24.2 Å². The van der Waals surface area contributed by atoms with Gasteiger partial charge in [-0.2, -0.15) is 0 Å². The first-order valence-corrected chi connectivity index (χ1v) is 8.95. The van der Waals surface area contributed by atoms with Crippen LogP contribution >= 0.6 is 35.8 Å². The Labute approximate surface area is 148 Å². The van der Waals surface area contributed by atoms with Gasteiger partial charge in [0, 0.05) is 29.9 Å². The number of halogens is 2. The largest absolute Gasteiger partial charge is 0.342 e. The van der Waals surface area contributed by atoms with Crippen LogP contribution in [-0.2, 0) is 10.5 Å². The molecular weight excluding hydrogens is 339 g/mol. The second-order valence-electron chi connectivity index (χ2n) is 5.72. The molecule has 2 rings (SSSR count). The summed E-state index contributed by atoms with van der Waals surface area (Å²) in [6.07, 6.45) is 2.20. The van der Waals surface area contributed by atoms with Crippen LogP contribution in [0.1, 0.15) is 25.3 Å². The predicted molar refractivity (Wildman–Crippen MR) is 97.8 cm³/mol. The Morgan fingerprint density at radius 3 is 3.00 bits per heavy atom. The average Bonchev–Trinajstić information content (AvgIpc) is 2.47. The number of hydrogen-bond acceptors (Lipinski definition) is 3. The molecule has 1 fully saturated rings. The number of carbonyl (C=O) groups excluding carboxylic acids is 1. The smallest absolute Gasteiger partial charge is 0.232 e. The Balaban J connectivity index is 0.00000242. The molecule has 1 aliphatic heterocycles. The molecular formula is C16H24Cl2N2OS. The Morgan fingerprint density at radius 1 is 1.55 bits per heavy atom. The van der Waals surface area contributed by atoms with E-state index in [-0.39, 0.29) is 24.4 Å². The lowest BCUT2D eigenvalue weighted by atomic mass is 9.92. The first kappa shape index (κ1) is 19.6. The highest BCUT2D eigenvalue weighted by molar-refractivity contribution is 7.99. The number of rotatable bonds is 5. The second-order valence-corrected chi connectivity index (χ2v) is 7.15. The fraction of sp³-hybridized carbons (Fsp3) is 0.562. The van der Waals surface area contributed by atoms with Gasteiger partial charge in [-0.05, 0) is 43.4 Å². The van der Waals surface area contributed by atoms with Crippen molar-refractivity contribution in [2.45, 2.75) is 31.6 Å². The molecule has 124 valence electrons. The summed E-state index contributed by atoms with van der Waals surface area (Å²) in [4.78, 5) is 14.2. The van der Waals surface area contributed by atoms with Gasteiger partial charge in [-0.1, -0.05) is 23.7 Å². The number of piperidine rings is 1. The number of carbonyl (C=O) groups is 1. The Kier molecular flexibility index (Phi) is 8.62. The van der Waals surface area contributed by atoms with Gasteiger partial charge in [0.25, 0.3) is 0 Å². The second kappa shape index (κ2) is 9.66. The van der Waals surface area contributed by atoms with E-state index in [1.54, 1.807) is 11.8 Å². The van der Waals surface area contributed by atoms with Gasteiger partial charge in [0.05, 0.1) is 5.75 Å². The zero-order valence-electron chi connectivity index (χ0n) is 12.8. The zero-order chi connectivity index (χ0) is 15.2. The van der Waals surface area contributed by atoms with Crippen LogP contribution in [0, 0.1) is 5.92 Å². The maximum atomic E-state index is 12.3. The quantitative estimate of drug-likeness (QED) is 0.870. The van der Waals surface area contributed by atoms with Crippen molar-refractivity contribution in [1.82, 2.24) is 4.90 Å². The number of nitrogens with zero attached hydrogens (tertiary/aromatic N) is 1. The highest BCUT2D eigenvalue weighted by Crippen LogP contribution is 2.21. The lowest BCUT2D eigenvalue weighted by Gasteiger charge is -2.34. The minimum atomic E-state index is 0. The average molecular weight is 363 g/mol. The Bertz CT molecular complexity index is 485. The van der Waals surface area contributed by atoms with Crippen LogP contribution < -0.4 is 5.73 Å². The molecule has 0 aliphatic carbocycles. The summed E-state index contributed by atoms with van der Waals surface area (Å²) in [7, 11) is 0. The molecule has 1 amide bonds. The normalized spacial score (nSPS) is 19.4. The molecule has 1 aliphatic rings. The fourth-order valence-electron chi connectivity index (χ4n) is 2.64. The molecule has 22 heavy (non-hydrogen) atoms. The molecule has 1 aromatic carbocycles. The zero-order valence-corrected chi connectivity index (χ0v) is 15.2. The molecule has 0 aromatic heterocycles. The summed E-state index contributed by atoms with van der Waals surface area (Å²) in [5.74, 6) is 2.02. The summed E-state index contributed by atoms with van der Waals surface area (Å²) in [5, 5.41) is 0.746. The van der Waals surface area contributed by atoms with E-state index >= 15 is 0 Å². The van der Waals surface area contributed by atoms with Gasteiger partial charge in [-0.25, -0.2) is 0 Å². The summed E-state index contributed by atoms with van der Waals surface area (Å²) in [5.41, 5.74) is 7.12. The molecule has 1 saturated heterocycles. The molecule has 0 radical (unpaired) electrons. The minimum absolute atomic E-state index is 0. The van der Waals surface area contributed by atoms with Crippen molar-refractivity contribution < 1.29 is 4.79 Å². The highest BCUT2D eigenvalue weighted by atomic mass is 35.5. The number of benzene rings is 1. The van der Waals surface area contributed by atoms with Crippen molar-refractivity contribution in [3.63, 3.8) is 0 Å². The van der Waals surface area contributed by atoms with E-state index in [4.69, 9.17) is 17.3 Å². The van der Waals surface area contributed by atoms with Crippen LogP contribution in [0.3, 0.4) is 0 Å². The predicted octanol–water partition coefficient (Wildman–Crippen LogP) is 3.58. The molecule has 0 saturated carbocycles. The van der Waals surface area contributed by atoms with Gasteiger partial charge >= 0.3 is 0 Å². The van der Waals surface area contributed by atoms with E-state index in [0.717, 1.165) is 42.3 Å². The van der Waals surface area contributed by atoms with Crippen LogP contribution in [0.2, 0.25) is 5.02 Å². The number of hydrogen-bond donors (Lipinski definition) is 1. The third kappa shape index (κ3) is 5.99. The van der Waals surface area contributed by atoms with Gasteiger partial charge in [0.15, 0.2) is 0 Å². The molecule has 2 N–H and O–H groups in total. The first-order chi connectivity index (χ1) is 10.1. The minimum Gasteiger partial charge on any atom is -0.342 e. The third-order valence-corrected chi connectivity index (χ3v) is 5.16. The highest BCUT2D eigenvalue weighted by Gasteiger charge is 2.25.